The van der Waals surface area contributed by atoms with Gasteiger partial charge in [0.25, 0.3) is 0 Å². The lowest BCUT2D eigenvalue weighted by Crippen LogP contribution is -2.41. The molecule has 0 heterocycles. The van der Waals surface area contributed by atoms with Gasteiger partial charge in [0.15, 0.2) is 0 Å². The molecular weight excluding hydrogens is 262 g/mol. The standard InChI is InChI=1S/C18H35NO2/c1-13-4-6-18(7-5-13)21-12-17(20)11-19-16-9-14(2)8-15(3)10-16/h13-20H,4-12H2,1-3H3. The summed E-state index contributed by atoms with van der Waals surface area (Å²) < 4.78 is 5.89. The molecule has 124 valence electrons. The Morgan fingerprint density at radius 2 is 1.57 bits per heavy atom. The summed E-state index contributed by atoms with van der Waals surface area (Å²) in [7, 11) is 0. The van der Waals surface area contributed by atoms with Crippen molar-refractivity contribution in [2.24, 2.45) is 17.8 Å². The largest absolute Gasteiger partial charge is 0.389 e. The first-order chi connectivity index (χ1) is 10.0. The molecule has 2 aliphatic rings. The van der Waals surface area contributed by atoms with E-state index < -0.39 is 0 Å². The Bertz CT molecular complexity index is 279. The van der Waals surface area contributed by atoms with Crippen LogP contribution in [0.5, 0.6) is 0 Å². The highest BCUT2D eigenvalue weighted by molar-refractivity contribution is 4.80. The van der Waals surface area contributed by atoms with Crippen molar-refractivity contribution in [3.63, 3.8) is 0 Å². The molecule has 0 radical (unpaired) electrons. The molecule has 0 bridgehead atoms. The number of aliphatic hydroxyl groups is 1. The van der Waals surface area contributed by atoms with Gasteiger partial charge in [-0.05, 0) is 62.7 Å². The molecule has 2 rings (SSSR count). The van der Waals surface area contributed by atoms with Crippen LogP contribution in [0, 0.1) is 17.8 Å². The van der Waals surface area contributed by atoms with E-state index in [-0.39, 0.29) is 6.10 Å². The van der Waals surface area contributed by atoms with Gasteiger partial charge >= 0.3 is 0 Å². The van der Waals surface area contributed by atoms with E-state index in [1.54, 1.807) is 0 Å². The predicted octanol–water partition coefficient (Wildman–Crippen LogP) is 3.36. The second-order valence-electron chi connectivity index (χ2n) is 7.89. The first-order valence-corrected chi connectivity index (χ1v) is 9.06. The second kappa shape index (κ2) is 8.50. The lowest BCUT2D eigenvalue weighted by molar-refractivity contribution is -0.0289. The summed E-state index contributed by atoms with van der Waals surface area (Å²) in [6, 6.07) is 0.578. The molecule has 0 saturated heterocycles. The summed E-state index contributed by atoms with van der Waals surface area (Å²) in [5, 5.41) is 13.7. The summed E-state index contributed by atoms with van der Waals surface area (Å²) in [5.41, 5.74) is 0. The molecule has 0 aromatic heterocycles. The van der Waals surface area contributed by atoms with E-state index in [4.69, 9.17) is 4.74 Å². The van der Waals surface area contributed by atoms with Crippen molar-refractivity contribution in [2.75, 3.05) is 13.2 Å². The van der Waals surface area contributed by atoms with Crippen LogP contribution in [0.2, 0.25) is 0 Å². The van der Waals surface area contributed by atoms with Crippen molar-refractivity contribution in [1.29, 1.82) is 0 Å². The number of aliphatic hydroxyl groups excluding tert-OH is 1. The zero-order valence-electron chi connectivity index (χ0n) is 14.2. The quantitative estimate of drug-likeness (QED) is 0.790. The Morgan fingerprint density at radius 1 is 0.952 bits per heavy atom. The minimum Gasteiger partial charge on any atom is -0.389 e. The van der Waals surface area contributed by atoms with Gasteiger partial charge < -0.3 is 15.2 Å². The molecule has 0 aromatic carbocycles. The van der Waals surface area contributed by atoms with Crippen molar-refractivity contribution in [3.05, 3.63) is 0 Å². The molecule has 3 nitrogen and oxygen atoms in total. The zero-order chi connectivity index (χ0) is 15.2. The van der Waals surface area contributed by atoms with Crippen molar-refractivity contribution in [3.8, 4) is 0 Å². The fourth-order valence-electron chi connectivity index (χ4n) is 4.12. The third kappa shape index (κ3) is 6.25. The van der Waals surface area contributed by atoms with E-state index in [2.05, 4.69) is 26.1 Å². The summed E-state index contributed by atoms with van der Waals surface area (Å²) in [4.78, 5) is 0. The van der Waals surface area contributed by atoms with Crippen molar-refractivity contribution >= 4 is 0 Å². The van der Waals surface area contributed by atoms with Gasteiger partial charge in [0.05, 0.1) is 18.8 Å². The molecule has 0 aromatic rings. The highest BCUT2D eigenvalue weighted by Gasteiger charge is 2.24. The van der Waals surface area contributed by atoms with Gasteiger partial charge in [-0.3, -0.25) is 0 Å². The summed E-state index contributed by atoms with van der Waals surface area (Å²) >= 11 is 0. The van der Waals surface area contributed by atoms with Gasteiger partial charge in [-0.1, -0.05) is 20.8 Å². The predicted molar refractivity (Wildman–Crippen MR) is 87.3 cm³/mol. The monoisotopic (exact) mass is 297 g/mol. The Kier molecular flexibility index (Phi) is 6.97. The molecular formula is C18H35NO2. The number of rotatable bonds is 6. The molecule has 2 saturated carbocycles. The third-order valence-electron chi connectivity index (χ3n) is 5.31. The summed E-state index contributed by atoms with van der Waals surface area (Å²) in [6.07, 6.45) is 8.74. The van der Waals surface area contributed by atoms with E-state index >= 15 is 0 Å². The van der Waals surface area contributed by atoms with Crippen molar-refractivity contribution < 1.29 is 9.84 Å². The number of nitrogens with one attached hydrogen (secondary N) is 1. The molecule has 21 heavy (non-hydrogen) atoms. The topological polar surface area (TPSA) is 41.5 Å². The second-order valence-corrected chi connectivity index (χ2v) is 7.89. The molecule has 3 unspecified atom stereocenters. The Morgan fingerprint density at radius 3 is 2.19 bits per heavy atom. The van der Waals surface area contributed by atoms with Gasteiger partial charge in [-0.2, -0.15) is 0 Å². The maximum Gasteiger partial charge on any atom is 0.0897 e. The molecule has 0 spiro atoms. The Labute approximate surface area is 130 Å². The SMILES string of the molecule is CC1CCC(OCC(O)CNC2CC(C)CC(C)C2)CC1. The van der Waals surface area contributed by atoms with Gasteiger partial charge in [-0.25, -0.2) is 0 Å². The van der Waals surface area contributed by atoms with Crippen LogP contribution in [0.1, 0.15) is 65.7 Å². The zero-order valence-corrected chi connectivity index (χ0v) is 14.2. The normalized spacial score (nSPS) is 39.1. The first kappa shape index (κ1) is 17.2. The Hall–Kier alpha value is -0.120. The molecule has 2 fully saturated rings. The summed E-state index contributed by atoms with van der Waals surface area (Å²) in [5.74, 6) is 2.47. The van der Waals surface area contributed by atoms with Crippen LogP contribution in [-0.4, -0.2) is 36.5 Å². The molecule has 0 amide bonds. The molecule has 2 aliphatic carbocycles. The van der Waals surface area contributed by atoms with Crippen LogP contribution in [-0.2, 0) is 4.74 Å². The van der Waals surface area contributed by atoms with Gasteiger partial charge in [0, 0.05) is 12.6 Å². The highest BCUT2D eigenvalue weighted by Crippen LogP contribution is 2.28. The lowest BCUT2D eigenvalue weighted by Gasteiger charge is -2.33. The van der Waals surface area contributed by atoms with Crippen molar-refractivity contribution in [2.45, 2.75) is 84.0 Å². The summed E-state index contributed by atoms with van der Waals surface area (Å²) in [6.45, 7) is 8.17. The molecule has 3 heteroatoms. The van der Waals surface area contributed by atoms with E-state index in [0.717, 1.165) is 17.8 Å². The van der Waals surface area contributed by atoms with E-state index in [1.807, 2.05) is 0 Å². The average Bonchev–Trinajstić information content (AvgIpc) is 2.43. The minimum absolute atomic E-state index is 0.364. The fraction of sp³-hybridized carbons (Fsp3) is 1.00. The van der Waals surface area contributed by atoms with Crippen LogP contribution in [0.25, 0.3) is 0 Å². The molecule has 0 aliphatic heterocycles. The van der Waals surface area contributed by atoms with Crippen molar-refractivity contribution in [1.82, 2.24) is 5.32 Å². The number of hydrogen-bond donors (Lipinski definition) is 2. The Balaban J connectivity index is 1.58. The highest BCUT2D eigenvalue weighted by atomic mass is 16.5. The third-order valence-corrected chi connectivity index (χ3v) is 5.31. The first-order valence-electron chi connectivity index (χ1n) is 9.06. The van der Waals surface area contributed by atoms with Crippen LogP contribution in [0.3, 0.4) is 0 Å². The van der Waals surface area contributed by atoms with Crippen LogP contribution in [0.4, 0.5) is 0 Å². The number of ether oxygens (including phenoxy) is 1. The molecule has 3 atom stereocenters. The van der Waals surface area contributed by atoms with Crippen LogP contribution in [0.15, 0.2) is 0 Å². The lowest BCUT2D eigenvalue weighted by atomic mass is 9.80. The van der Waals surface area contributed by atoms with Crippen LogP contribution < -0.4 is 5.32 Å². The van der Waals surface area contributed by atoms with Gasteiger partial charge in [0.2, 0.25) is 0 Å². The smallest absolute Gasteiger partial charge is 0.0897 e. The van der Waals surface area contributed by atoms with Gasteiger partial charge in [-0.15, -0.1) is 0 Å². The van der Waals surface area contributed by atoms with Crippen LogP contribution >= 0.6 is 0 Å². The maximum atomic E-state index is 10.1. The minimum atomic E-state index is -0.364. The average molecular weight is 297 g/mol. The van der Waals surface area contributed by atoms with E-state index in [0.29, 0.717) is 25.3 Å². The fourth-order valence-corrected chi connectivity index (χ4v) is 4.12. The van der Waals surface area contributed by atoms with Gasteiger partial charge in [0.1, 0.15) is 0 Å². The maximum absolute atomic E-state index is 10.1. The van der Waals surface area contributed by atoms with E-state index in [9.17, 15) is 5.11 Å². The van der Waals surface area contributed by atoms with E-state index in [1.165, 1.54) is 44.9 Å². The molecule has 2 N–H and O–H groups in total. The number of hydrogen-bond acceptors (Lipinski definition) is 3.